The zero-order valence-electron chi connectivity index (χ0n) is 16.8. The molecule has 8 heteroatoms. The summed E-state index contributed by atoms with van der Waals surface area (Å²) in [6.07, 6.45) is 0.792. The van der Waals surface area contributed by atoms with Gasteiger partial charge in [-0.25, -0.2) is 9.37 Å². The van der Waals surface area contributed by atoms with Gasteiger partial charge in [0.1, 0.15) is 5.82 Å². The molecule has 158 valence electrons. The van der Waals surface area contributed by atoms with Gasteiger partial charge in [-0.1, -0.05) is 53.6 Å². The molecule has 0 fully saturated rings. The Morgan fingerprint density at radius 1 is 0.969 bits per heavy atom. The van der Waals surface area contributed by atoms with E-state index in [9.17, 15) is 9.18 Å². The molecule has 5 aromatic rings. The molecule has 0 unspecified atom stereocenters. The number of anilines is 1. The second-order valence-electron chi connectivity index (χ2n) is 7.11. The monoisotopic (exact) mass is 444 g/mol. The van der Waals surface area contributed by atoms with Crippen LogP contribution in [0.5, 0.6) is 0 Å². The number of benzene rings is 3. The maximum atomic E-state index is 13.2. The van der Waals surface area contributed by atoms with Crippen molar-refractivity contribution in [1.82, 2.24) is 15.2 Å². The van der Waals surface area contributed by atoms with Gasteiger partial charge in [-0.05, 0) is 47.4 Å². The van der Waals surface area contributed by atoms with Crippen LogP contribution in [0.1, 0.15) is 21.3 Å². The highest BCUT2D eigenvalue weighted by Gasteiger charge is 2.21. The van der Waals surface area contributed by atoms with Gasteiger partial charge in [-0.3, -0.25) is 4.79 Å². The van der Waals surface area contributed by atoms with Gasteiger partial charge in [0, 0.05) is 6.54 Å². The molecule has 0 bridgehead atoms. The van der Waals surface area contributed by atoms with E-state index in [0.717, 1.165) is 22.2 Å². The van der Waals surface area contributed by atoms with Crippen LogP contribution in [0.25, 0.3) is 21.3 Å². The van der Waals surface area contributed by atoms with Crippen molar-refractivity contribution in [3.63, 3.8) is 0 Å². The summed E-state index contributed by atoms with van der Waals surface area (Å²) >= 11 is 1.25. The van der Waals surface area contributed by atoms with E-state index in [1.807, 2.05) is 48.5 Å². The second kappa shape index (κ2) is 8.68. The minimum absolute atomic E-state index is 0.106. The highest BCUT2D eigenvalue weighted by atomic mass is 32.1. The maximum Gasteiger partial charge on any atom is 0.315 e. The summed E-state index contributed by atoms with van der Waals surface area (Å²) in [6, 6.07) is 22.2. The lowest BCUT2D eigenvalue weighted by Gasteiger charge is -2.01. The number of hydrogen-bond acceptors (Lipinski definition) is 7. The largest absolute Gasteiger partial charge is 0.400 e. The molecular weight excluding hydrogens is 427 g/mol. The molecule has 0 aliphatic rings. The average Bonchev–Trinajstić information content (AvgIpc) is 3.46. The quantitative estimate of drug-likeness (QED) is 0.340. The first-order valence-electron chi connectivity index (χ1n) is 9.98. The summed E-state index contributed by atoms with van der Waals surface area (Å²) < 4.78 is 19.5. The molecule has 0 saturated carbocycles. The van der Waals surface area contributed by atoms with Crippen LogP contribution in [0.15, 0.2) is 77.2 Å². The van der Waals surface area contributed by atoms with E-state index in [1.165, 1.54) is 29.0 Å². The Bertz CT molecular complexity index is 1380. The maximum absolute atomic E-state index is 13.2. The molecule has 0 spiro atoms. The van der Waals surface area contributed by atoms with E-state index in [4.69, 9.17) is 4.42 Å². The standard InChI is InChI=1S/C24H17FN4O2S/c25-18-9-6-16(7-10-18)17-8-11-19-20(14-17)32-23(27-19)21(30)22-28-29-24(31-22)26-13-12-15-4-2-1-3-5-15/h1-11,14H,12-13H2,(H,26,29). The molecule has 3 aromatic carbocycles. The van der Waals surface area contributed by atoms with Crippen LogP contribution < -0.4 is 5.32 Å². The van der Waals surface area contributed by atoms with Crippen LogP contribution >= 0.6 is 11.3 Å². The fourth-order valence-electron chi connectivity index (χ4n) is 3.28. The van der Waals surface area contributed by atoms with Gasteiger partial charge in [-0.2, -0.15) is 0 Å². The van der Waals surface area contributed by atoms with Crippen LogP contribution in [0, 0.1) is 5.82 Å². The van der Waals surface area contributed by atoms with Gasteiger partial charge < -0.3 is 9.73 Å². The van der Waals surface area contributed by atoms with Gasteiger partial charge in [0.2, 0.25) is 0 Å². The Morgan fingerprint density at radius 2 is 1.75 bits per heavy atom. The molecule has 1 N–H and O–H groups in total. The molecule has 0 saturated heterocycles. The van der Waals surface area contributed by atoms with Crippen molar-refractivity contribution in [3.05, 3.63) is 95.1 Å². The minimum Gasteiger partial charge on any atom is -0.400 e. The van der Waals surface area contributed by atoms with Crippen molar-refractivity contribution in [2.45, 2.75) is 6.42 Å². The number of halogens is 1. The number of hydrogen-bond donors (Lipinski definition) is 1. The molecule has 2 aromatic heterocycles. The number of fused-ring (bicyclic) bond motifs is 1. The molecule has 2 heterocycles. The molecule has 0 radical (unpaired) electrons. The molecule has 0 atom stereocenters. The Morgan fingerprint density at radius 3 is 2.56 bits per heavy atom. The van der Waals surface area contributed by atoms with Crippen molar-refractivity contribution in [3.8, 4) is 11.1 Å². The number of thiazole rings is 1. The Hall–Kier alpha value is -3.91. The number of nitrogens with one attached hydrogen (secondary N) is 1. The first-order chi connectivity index (χ1) is 15.7. The molecule has 6 nitrogen and oxygen atoms in total. The third-order valence-corrected chi connectivity index (χ3v) is 5.93. The lowest BCUT2D eigenvalue weighted by molar-refractivity contribution is 0.100. The molecule has 32 heavy (non-hydrogen) atoms. The van der Waals surface area contributed by atoms with Crippen LogP contribution in [0.4, 0.5) is 10.4 Å². The predicted molar refractivity (Wildman–Crippen MR) is 121 cm³/mol. The summed E-state index contributed by atoms with van der Waals surface area (Å²) in [4.78, 5) is 17.2. The number of carbonyl (C=O) groups excluding carboxylic acids is 1. The highest BCUT2D eigenvalue weighted by Crippen LogP contribution is 2.29. The number of aromatic nitrogens is 3. The van der Waals surface area contributed by atoms with E-state index >= 15 is 0 Å². The third-order valence-electron chi connectivity index (χ3n) is 4.91. The highest BCUT2D eigenvalue weighted by molar-refractivity contribution is 7.20. The van der Waals surface area contributed by atoms with E-state index in [0.29, 0.717) is 12.1 Å². The van der Waals surface area contributed by atoms with Crippen LogP contribution in [-0.2, 0) is 6.42 Å². The van der Waals surface area contributed by atoms with Crippen LogP contribution in [0.2, 0.25) is 0 Å². The van der Waals surface area contributed by atoms with E-state index in [2.05, 4.69) is 20.5 Å². The number of carbonyl (C=O) groups is 1. The number of rotatable bonds is 7. The fourth-order valence-corrected chi connectivity index (χ4v) is 4.22. The lowest BCUT2D eigenvalue weighted by atomic mass is 10.1. The zero-order chi connectivity index (χ0) is 21.9. The fraction of sp³-hybridized carbons (Fsp3) is 0.0833. The van der Waals surface area contributed by atoms with E-state index in [-0.39, 0.29) is 22.7 Å². The van der Waals surface area contributed by atoms with E-state index in [1.54, 1.807) is 12.1 Å². The molecule has 5 rings (SSSR count). The average molecular weight is 444 g/mol. The first kappa shape index (κ1) is 20.0. The molecular formula is C24H17FN4O2S. The first-order valence-corrected chi connectivity index (χ1v) is 10.8. The number of nitrogens with zero attached hydrogens (tertiary/aromatic N) is 3. The van der Waals surface area contributed by atoms with E-state index < -0.39 is 5.78 Å². The van der Waals surface area contributed by atoms with Crippen molar-refractivity contribution in [2.24, 2.45) is 0 Å². The Labute approximate surface area is 186 Å². The third kappa shape index (κ3) is 4.26. The smallest absolute Gasteiger partial charge is 0.315 e. The van der Waals surface area contributed by atoms with Gasteiger partial charge in [-0.15, -0.1) is 16.4 Å². The Kier molecular flexibility index (Phi) is 5.43. The molecule has 0 aliphatic heterocycles. The van der Waals surface area contributed by atoms with Gasteiger partial charge in [0.15, 0.2) is 5.01 Å². The van der Waals surface area contributed by atoms with Crippen LogP contribution in [-0.4, -0.2) is 27.5 Å². The van der Waals surface area contributed by atoms with Crippen molar-refractivity contribution >= 4 is 33.4 Å². The van der Waals surface area contributed by atoms with Crippen LogP contribution in [0.3, 0.4) is 0 Å². The van der Waals surface area contributed by atoms with Gasteiger partial charge in [0.05, 0.1) is 10.2 Å². The zero-order valence-corrected chi connectivity index (χ0v) is 17.6. The Balaban J connectivity index is 1.29. The predicted octanol–water partition coefficient (Wildman–Crippen LogP) is 5.37. The summed E-state index contributed by atoms with van der Waals surface area (Å²) in [5.41, 5.74) is 3.69. The lowest BCUT2D eigenvalue weighted by Crippen LogP contribution is -2.04. The summed E-state index contributed by atoms with van der Waals surface area (Å²) in [5.74, 6) is -0.808. The van der Waals surface area contributed by atoms with Crippen molar-refractivity contribution in [1.29, 1.82) is 0 Å². The minimum atomic E-state index is -0.418. The van der Waals surface area contributed by atoms with Crippen molar-refractivity contribution < 1.29 is 13.6 Å². The van der Waals surface area contributed by atoms with Gasteiger partial charge >= 0.3 is 6.01 Å². The molecule has 0 amide bonds. The summed E-state index contributed by atoms with van der Waals surface area (Å²) in [5, 5.41) is 11.1. The van der Waals surface area contributed by atoms with Crippen molar-refractivity contribution in [2.75, 3.05) is 11.9 Å². The SMILES string of the molecule is O=C(c1nnc(NCCc2ccccc2)o1)c1nc2ccc(-c3ccc(F)cc3)cc2s1. The van der Waals surface area contributed by atoms with Gasteiger partial charge in [0.25, 0.3) is 11.7 Å². The second-order valence-corrected chi connectivity index (χ2v) is 8.14. The number of ketones is 1. The topological polar surface area (TPSA) is 80.9 Å². The summed E-state index contributed by atoms with van der Waals surface area (Å²) in [6.45, 7) is 0.604. The normalized spacial score (nSPS) is 11.0. The summed E-state index contributed by atoms with van der Waals surface area (Å²) in [7, 11) is 0. The molecule has 0 aliphatic carbocycles.